The van der Waals surface area contributed by atoms with Crippen molar-refractivity contribution in [1.29, 1.82) is 0 Å². The lowest BCUT2D eigenvalue weighted by Crippen LogP contribution is -2.24. The van der Waals surface area contributed by atoms with Gasteiger partial charge in [-0.25, -0.2) is 9.78 Å². The summed E-state index contributed by atoms with van der Waals surface area (Å²) < 4.78 is 10.4. The minimum atomic E-state index is -0.384. The highest BCUT2D eigenvalue weighted by molar-refractivity contribution is 5.89. The molecule has 0 saturated carbocycles. The number of rotatable bonds is 4. The number of hydrogen-bond donors (Lipinski definition) is 0. The summed E-state index contributed by atoms with van der Waals surface area (Å²) in [4.78, 5) is 18.9. The Morgan fingerprint density at radius 3 is 2.54 bits per heavy atom. The van der Waals surface area contributed by atoms with E-state index in [1.165, 1.54) is 25.7 Å². The molecule has 3 heterocycles. The fourth-order valence-corrected chi connectivity index (χ4v) is 2.92. The predicted octanol–water partition coefficient (Wildman–Crippen LogP) is 3.42. The van der Waals surface area contributed by atoms with Gasteiger partial charge in [-0.15, -0.1) is 0 Å². The van der Waals surface area contributed by atoms with Gasteiger partial charge in [0.25, 0.3) is 0 Å². The maximum atomic E-state index is 12.2. The summed E-state index contributed by atoms with van der Waals surface area (Å²) in [5.74, 6) is 1.22. The molecule has 1 saturated heterocycles. The number of pyridine rings is 1. The van der Waals surface area contributed by atoms with Gasteiger partial charge in [0.1, 0.15) is 18.2 Å². The van der Waals surface area contributed by atoms with Crippen molar-refractivity contribution in [1.82, 2.24) is 10.1 Å². The number of carbonyl (C=O) groups is 1. The number of nitrogens with zero attached hydrogens (tertiary/aromatic N) is 3. The van der Waals surface area contributed by atoms with Crippen LogP contribution >= 0.6 is 0 Å². The average molecular weight is 329 g/mol. The van der Waals surface area contributed by atoms with Crippen molar-refractivity contribution in [2.24, 2.45) is 0 Å². The Hall–Kier alpha value is -2.37. The van der Waals surface area contributed by atoms with E-state index in [2.05, 4.69) is 15.0 Å². The van der Waals surface area contributed by atoms with Gasteiger partial charge in [0.2, 0.25) is 0 Å². The van der Waals surface area contributed by atoms with Crippen molar-refractivity contribution in [2.45, 2.75) is 46.1 Å². The summed E-state index contributed by atoms with van der Waals surface area (Å²) in [5, 5.41) is 3.85. The molecule has 0 bridgehead atoms. The molecule has 0 unspecified atom stereocenters. The smallest absolute Gasteiger partial charge is 0.340 e. The molecule has 24 heavy (non-hydrogen) atoms. The number of hydrogen-bond acceptors (Lipinski definition) is 6. The topological polar surface area (TPSA) is 68.5 Å². The van der Waals surface area contributed by atoms with Crippen LogP contribution in [0.2, 0.25) is 0 Å². The monoisotopic (exact) mass is 329 g/mol. The summed E-state index contributed by atoms with van der Waals surface area (Å²) in [5.41, 5.74) is 2.02. The lowest BCUT2D eigenvalue weighted by atomic mass is 10.2. The van der Waals surface area contributed by atoms with Crippen LogP contribution in [0.4, 0.5) is 5.82 Å². The Morgan fingerprint density at radius 1 is 1.21 bits per heavy atom. The molecule has 6 heteroatoms. The average Bonchev–Trinajstić information content (AvgIpc) is 2.81. The summed E-state index contributed by atoms with van der Waals surface area (Å²) in [6, 6.07) is 3.68. The lowest BCUT2D eigenvalue weighted by Gasteiger charge is -2.21. The van der Waals surface area contributed by atoms with Crippen molar-refractivity contribution in [2.75, 3.05) is 18.0 Å². The normalized spacial score (nSPS) is 15.2. The predicted molar refractivity (Wildman–Crippen MR) is 90.0 cm³/mol. The number of ether oxygens (including phenoxy) is 1. The quantitative estimate of drug-likeness (QED) is 0.801. The number of aryl methyl sites for hydroxylation is 2. The van der Waals surface area contributed by atoms with Crippen molar-refractivity contribution < 1.29 is 14.1 Å². The summed E-state index contributed by atoms with van der Waals surface area (Å²) in [6.07, 6.45) is 6.55. The molecule has 1 fully saturated rings. The highest BCUT2D eigenvalue weighted by atomic mass is 16.5. The molecule has 2 aromatic rings. The Balaban J connectivity index is 1.61. The fourth-order valence-electron chi connectivity index (χ4n) is 2.92. The molecular weight excluding hydrogens is 306 g/mol. The molecule has 1 aliphatic rings. The van der Waals surface area contributed by atoms with Crippen LogP contribution in [0.5, 0.6) is 0 Å². The zero-order valence-electron chi connectivity index (χ0n) is 14.2. The SMILES string of the molecule is Cc1noc(C)c1COC(=O)c1ccc(N2CCCCCC2)nc1. The van der Waals surface area contributed by atoms with E-state index >= 15 is 0 Å². The first-order chi connectivity index (χ1) is 11.6. The molecule has 0 N–H and O–H groups in total. The molecule has 128 valence electrons. The van der Waals surface area contributed by atoms with Crippen molar-refractivity contribution in [3.05, 3.63) is 40.9 Å². The van der Waals surface area contributed by atoms with Crippen LogP contribution in [0.25, 0.3) is 0 Å². The van der Waals surface area contributed by atoms with E-state index in [-0.39, 0.29) is 12.6 Å². The summed E-state index contributed by atoms with van der Waals surface area (Å²) >= 11 is 0. The summed E-state index contributed by atoms with van der Waals surface area (Å²) in [6.45, 7) is 5.86. The van der Waals surface area contributed by atoms with Gasteiger partial charge < -0.3 is 14.2 Å². The molecule has 0 aromatic carbocycles. The zero-order chi connectivity index (χ0) is 16.9. The Labute approximate surface area is 141 Å². The first-order valence-corrected chi connectivity index (χ1v) is 8.45. The van der Waals surface area contributed by atoms with E-state index in [0.717, 1.165) is 30.2 Å². The molecule has 0 radical (unpaired) electrons. The molecule has 3 rings (SSSR count). The number of esters is 1. The van der Waals surface area contributed by atoms with Gasteiger partial charge in [0.05, 0.1) is 16.8 Å². The minimum Gasteiger partial charge on any atom is -0.457 e. The molecule has 0 atom stereocenters. The van der Waals surface area contributed by atoms with E-state index in [0.29, 0.717) is 11.3 Å². The second kappa shape index (κ2) is 7.47. The molecule has 1 aliphatic heterocycles. The maximum Gasteiger partial charge on any atom is 0.340 e. The highest BCUT2D eigenvalue weighted by Crippen LogP contribution is 2.18. The van der Waals surface area contributed by atoms with Crippen LogP contribution in [0.1, 0.15) is 53.1 Å². The van der Waals surface area contributed by atoms with Gasteiger partial charge in [-0.2, -0.15) is 0 Å². The van der Waals surface area contributed by atoms with Crippen LogP contribution in [0, 0.1) is 13.8 Å². The van der Waals surface area contributed by atoms with Gasteiger partial charge >= 0.3 is 5.97 Å². The van der Waals surface area contributed by atoms with E-state index in [1.54, 1.807) is 19.2 Å². The fraction of sp³-hybridized carbons (Fsp3) is 0.500. The van der Waals surface area contributed by atoms with Crippen molar-refractivity contribution in [3.63, 3.8) is 0 Å². The van der Waals surface area contributed by atoms with Crippen LogP contribution in [0.15, 0.2) is 22.9 Å². The van der Waals surface area contributed by atoms with Crippen molar-refractivity contribution in [3.8, 4) is 0 Å². The van der Waals surface area contributed by atoms with E-state index in [1.807, 2.05) is 13.0 Å². The van der Waals surface area contributed by atoms with Gasteiger partial charge in [-0.05, 0) is 38.8 Å². The van der Waals surface area contributed by atoms with Crippen LogP contribution in [-0.4, -0.2) is 29.2 Å². The zero-order valence-corrected chi connectivity index (χ0v) is 14.2. The lowest BCUT2D eigenvalue weighted by molar-refractivity contribution is 0.0470. The first kappa shape index (κ1) is 16.5. The van der Waals surface area contributed by atoms with Crippen LogP contribution in [-0.2, 0) is 11.3 Å². The second-order valence-corrected chi connectivity index (χ2v) is 6.19. The Kier molecular flexibility index (Phi) is 5.13. The van der Waals surface area contributed by atoms with Gasteiger partial charge in [0.15, 0.2) is 0 Å². The maximum absolute atomic E-state index is 12.2. The van der Waals surface area contributed by atoms with Crippen LogP contribution < -0.4 is 4.90 Å². The molecule has 0 amide bonds. The standard InChI is InChI=1S/C18H23N3O3/c1-13-16(14(2)24-20-13)12-23-18(22)15-7-8-17(19-11-15)21-9-5-3-4-6-10-21/h7-8,11H,3-6,9-10,12H2,1-2H3. The molecular formula is C18H23N3O3. The second-order valence-electron chi connectivity index (χ2n) is 6.19. The summed E-state index contributed by atoms with van der Waals surface area (Å²) in [7, 11) is 0. The van der Waals surface area contributed by atoms with E-state index < -0.39 is 0 Å². The van der Waals surface area contributed by atoms with E-state index in [4.69, 9.17) is 9.26 Å². The van der Waals surface area contributed by atoms with Gasteiger partial charge in [0, 0.05) is 19.3 Å². The van der Waals surface area contributed by atoms with Gasteiger partial charge in [-0.1, -0.05) is 18.0 Å². The Bertz CT molecular complexity index is 667. The largest absolute Gasteiger partial charge is 0.457 e. The minimum absolute atomic E-state index is 0.161. The Morgan fingerprint density at radius 2 is 1.96 bits per heavy atom. The van der Waals surface area contributed by atoms with Gasteiger partial charge in [-0.3, -0.25) is 0 Å². The van der Waals surface area contributed by atoms with Crippen LogP contribution in [0.3, 0.4) is 0 Å². The molecule has 6 nitrogen and oxygen atoms in total. The third-order valence-electron chi connectivity index (χ3n) is 4.44. The highest BCUT2D eigenvalue weighted by Gasteiger charge is 2.15. The first-order valence-electron chi connectivity index (χ1n) is 8.45. The third kappa shape index (κ3) is 3.75. The number of anilines is 1. The number of carbonyl (C=O) groups excluding carboxylic acids is 1. The molecule has 0 aliphatic carbocycles. The molecule has 0 spiro atoms. The third-order valence-corrected chi connectivity index (χ3v) is 4.44. The number of aromatic nitrogens is 2. The molecule has 2 aromatic heterocycles. The van der Waals surface area contributed by atoms with E-state index in [9.17, 15) is 4.79 Å². The van der Waals surface area contributed by atoms with Crippen molar-refractivity contribution >= 4 is 11.8 Å².